The topological polar surface area (TPSA) is 47.6 Å². The number of rotatable bonds is 6. The van der Waals surface area contributed by atoms with Gasteiger partial charge in [0.25, 0.3) is 0 Å². The van der Waals surface area contributed by atoms with E-state index in [4.69, 9.17) is 4.74 Å². The van der Waals surface area contributed by atoms with Crippen molar-refractivity contribution in [3.05, 3.63) is 29.8 Å². The molecular formula is C13H19NO3. The molecule has 1 aromatic carbocycles. The summed E-state index contributed by atoms with van der Waals surface area (Å²) in [6.45, 7) is 6.78. The minimum atomic E-state index is -0.345. The van der Waals surface area contributed by atoms with Crippen molar-refractivity contribution in [3.8, 4) is 5.75 Å². The summed E-state index contributed by atoms with van der Waals surface area (Å²) in [6.07, 6.45) is 0. The highest BCUT2D eigenvalue weighted by atomic mass is 16.7. The molecule has 0 aliphatic heterocycles. The maximum Gasteiger partial charge on any atom is 0.321 e. The van der Waals surface area contributed by atoms with Crippen LogP contribution >= 0.6 is 0 Å². The minimum absolute atomic E-state index is 0.345. The van der Waals surface area contributed by atoms with Crippen molar-refractivity contribution in [3.63, 3.8) is 0 Å². The number of carbonyl (C=O) groups is 1. The van der Waals surface area contributed by atoms with Gasteiger partial charge in [-0.05, 0) is 23.6 Å². The van der Waals surface area contributed by atoms with Crippen LogP contribution in [0.15, 0.2) is 24.3 Å². The van der Waals surface area contributed by atoms with E-state index >= 15 is 0 Å². The van der Waals surface area contributed by atoms with Gasteiger partial charge in [-0.1, -0.05) is 26.0 Å². The molecule has 0 atom stereocenters. The lowest BCUT2D eigenvalue weighted by atomic mass is 10.2. The van der Waals surface area contributed by atoms with Crippen molar-refractivity contribution in [1.82, 2.24) is 5.48 Å². The molecule has 0 unspecified atom stereocenters. The molecule has 0 amide bonds. The van der Waals surface area contributed by atoms with Gasteiger partial charge in [-0.15, -0.1) is 5.48 Å². The lowest BCUT2D eigenvalue weighted by Crippen LogP contribution is -2.17. The van der Waals surface area contributed by atoms with Crippen LogP contribution in [0.3, 0.4) is 0 Å². The van der Waals surface area contributed by atoms with Crippen molar-refractivity contribution in [1.29, 1.82) is 0 Å². The molecule has 0 aliphatic carbocycles. The predicted molar refractivity (Wildman–Crippen MR) is 65.4 cm³/mol. The average Bonchev–Trinajstić information content (AvgIpc) is 2.27. The van der Waals surface area contributed by atoms with Gasteiger partial charge in [0.2, 0.25) is 0 Å². The second-order valence-corrected chi connectivity index (χ2v) is 4.26. The van der Waals surface area contributed by atoms with Crippen molar-refractivity contribution in [2.45, 2.75) is 27.3 Å². The van der Waals surface area contributed by atoms with E-state index in [9.17, 15) is 4.79 Å². The van der Waals surface area contributed by atoms with Gasteiger partial charge in [0.1, 0.15) is 5.75 Å². The summed E-state index contributed by atoms with van der Waals surface area (Å²) < 4.78 is 5.56. The fraction of sp³-hybridized carbons (Fsp3) is 0.462. The lowest BCUT2D eigenvalue weighted by Gasteiger charge is -2.09. The Hall–Kier alpha value is -1.55. The molecule has 94 valence electrons. The van der Waals surface area contributed by atoms with Crippen molar-refractivity contribution in [2.24, 2.45) is 5.92 Å². The van der Waals surface area contributed by atoms with Crippen LogP contribution in [0, 0.1) is 5.92 Å². The van der Waals surface area contributed by atoms with E-state index in [1.165, 1.54) is 6.92 Å². The second-order valence-electron chi connectivity index (χ2n) is 4.26. The van der Waals surface area contributed by atoms with Crippen LogP contribution in [0.1, 0.15) is 26.3 Å². The molecule has 0 spiro atoms. The summed E-state index contributed by atoms with van der Waals surface area (Å²) in [5, 5.41) is 0. The Balaban J connectivity index is 2.36. The van der Waals surface area contributed by atoms with Gasteiger partial charge >= 0.3 is 5.97 Å². The largest absolute Gasteiger partial charge is 0.493 e. The van der Waals surface area contributed by atoms with E-state index in [0.717, 1.165) is 11.3 Å². The number of ether oxygens (including phenoxy) is 1. The third-order valence-electron chi connectivity index (χ3n) is 2.00. The summed E-state index contributed by atoms with van der Waals surface area (Å²) in [5.74, 6) is 1.03. The summed E-state index contributed by atoms with van der Waals surface area (Å²) >= 11 is 0. The Kier molecular flexibility index (Phi) is 5.49. The van der Waals surface area contributed by atoms with E-state index in [0.29, 0.717) is 19.1 Å². The Labute approximate surface area is 102 Å². The van der Waals surface area contributed by atoms with Crippen LogP contribution in [-0.2, 0) is 16.2 Å². The zero-order chi connectivity index (χ0) is 12.7. The first-order valence-electron chi connectivity index (χ1n) is 5.70. The second kappa shape index (κ2) is 6.91. The van der Waals surface area contributed by atoms with Crippen LogP contribution < -0.4 is 10.2 Å². The number of nitrogens with one attached hydrogen (secondary N) is 1. The molecule has 0 bridgehead atoms. The van der Waals surface area contributed by atoms with Gasteiger partial charge in [0, 0.05) is 6.92 Å². The van der Waals surface area contributed by atoms with Crippen molar-refractivity contribution >= 4 is 5.97 Å². The molecule has 0 aliphatic rings. The van der Waals surface area contributed by atoms with Crippen LogP contribution in [0.5, 0.6) is 5.75 Å². The lowest BCUT2D eigenvalue weighted by molar-refractivity contribution is -0.148. The Morgan fingerprint density at radius 3 is 2.47 bits per heavy atom. The van der Waals surface area contributed by atoms with E-state index in [2.05, 4.69) is 24.2 Å². The van der Waals surface area contributed by atoms with Gasteiger partial charge in [0.15, 0.2) is 0 Å². The fourth-order valence-corrected chi connectivity index (χ4v) is 1.19. The number of carbonyl (C=O) groups excluding carboxylic acids is 1. The molecule has 0 saturated carbocycles. The zero-order valence-electron chi connectivity index (χ0n) is 10.5. The molecule has 1 N–H and O–H groups in total. The average molecular weight is 237 g/mol. The van der Waals surface area contributed by atoms with Crippen molar-refractivity contribution in [2.75, 3.05) is 6.61 Å². The monoisotopic (exact) mass is 237 g/mol. The third kappa shape index (κ3) is 5.92. The molecule has 0 radical (unpaired) electrons. The van der Waals surface area contributed by atoms with E-state index in [1.807, 2.05) is 24.3 Å². The summed E-state index contributed by atoms with van der Waals surface area (Å²) in [4.78, 5) is 15.2. The highest BCUT2D eigenvalue weighted by Crippen LogP contribution is 2.13. The Morgan fingerprint density at radius 2 is 1.94 bits per heavy atom. The Bertz CT molecular complexity index is 346. The molecule has 4 heteroatoms. The number of hydroxylamine groups is 1. The van der Waals surface area contributed by atoms with Crippen LogP contribution in [-0.4, -0.2) is 12.6 Å². The number of benzene rings is 1. The van der Waals surface area contributed by atoms with E-state index in [1.54, 1.807) is 0 Å². The molecule has 17 heavy (non-hydrogen) atoms. The maximum absolute atomic E-state index is 10.5. The first-order chi connectivity index (χ1) is 8.08. The van der Waals surface area contributed by atoms with Crippen LogP contribution in [0.4, 0.5) is 0 Å². The van der Waals surface area contributed by atoms with Gasteiger partial charge in [0.05, 0.1) is 13.2 Å². The zero-order valence-corrected chi connectivity index (χ0v) is 10.5. The quantitative estimate of drug-likeness (QED) is 0.771. The van der Waals surface area contributed by atoms with Gasteiger partial charge in [-0.2, -0.15) is 0 Å². The number of hydrogen-bond donors (Lipinski definition) is 1. The maximum atomic E-state index is 10.5. The molecule has 0 heterocycles. The van der Waals surface area contributed by atoms with E-state index in [-0.39, 0.29) is 5.97 Å². The minimum Gasteiger partial charge on any atom is -0.493 e. The summed E-state index contributed by atoms with van der Waals surface area (Å²) in [6, 6.07) is 7.69. The SMILES string of the molecule is CC(=O)ONCc1ccc(OCC(C)C)cc1. The smallest absolute Gasteiger partial charge is 0.321 e. The van der Waals surface area contributed by atoms with Gasteiger partial charge < -0.3 is 9.57 Å². The molecule has 0 saturated heterocycles. The number of hydrogen-bond acceptors (Lipinski definition) is 4. The van der Waals surface area contributed by atoms with Gasteiger partial charge in [-0.25, -0.2) is 0 Å². The first-order valence-corrected chi connectivity index (χ1v) is 5.70. The molecule has 1 aromatic rings. The molecular weight excluding hydrogens is 218 g/mol. The predicted octanol–water partition coefficient (Wildman–Crippen LogP) is 2.29. The molecule has 1 rings (SSSR count). The first kappa shape index (κ1) is 13.5. The molecule has 4 nitrogen and oxygen atoms in total. The van der Waals surface area contributed by atoms with Crippen LogP contribution in [0.25, 0.3) is 0 Å². The van der Waals surface area contributed by atoms with Crippen molar-refractivity contribution < 1.29 is 14.4 Å². The summed E-state index contributed by atoms with van der Waals surface area (Å²) in [7, 11) is 0. The normalized spacial score (nSPS) is 10.4. The molecule has 0 fully saturated rings. The Morgan fingerprint density at radius 1 is 1.29 bits per heavy atom. The van der Waals surface area contributed by atoms with E-state index < -0.39 is 0 Å². The fourth-order valence-electron chi connectivity index (χ4n) is 1.19. The summed E-state index contributed by atoms with van der Waals surface area (Å²) in [5.41, 5.74) is 3.61. The van der Waals surface area contributed by atoms with Crippen LogP contribution in [0.2, 0.25) is 0 Å². The molecule has 0 aromatic heterocycles. The third-order valence-corrected chi connectivity index (χ3v) is 2.00. The standard InChI is InChI=1S/C13H19NO3/c1-10(2)9-16-13-6-4-12(5-7-13)8-14-17-11(3)15/h4-7,10,14H,8-9H2,1-3H3. The highest BCUT2D eigenvalue weighted by Gasteiger charge is 1.98. The van der Waals surface area contributed by atoms with Gasteiger partial charge in [-0.3, -0.25) is 4.79 Å². The highest BCUT2D eigenvalue weighted by molar-refractivity contribution is 5.65.